The van der Waals surface area contributed by atoms with Crippen molar-refractivity contribution in [2.45, 2.75) is 57.8 Å². The summed E-state index contributed by atoms with van der Waals surface area (Å²) in [6.45, 7) is 6.25. The van der Waals surface area contributed by atoms with Crippen LogP contribution in [0.5, 0.6) is 5.75 Å². The molecule has 0 radical (unpaired) electrons. The zero-order valence-electron chi connectivity index (χ0n) is 18.9. The summed E-state index contributed by atoms with van der Waals surface area (Å²) in [6, 6.07) is 6.89. The quantitative estimate of drug-likeness (QED) is 0.285. The predicted molar refractivity (Wildman–Crippen MR) is 137 cm³/mol. The summed E-state index contributed by atoms with van der Waals surface area (Å²) >= 11 is 9.93. The minimum absolute atomic E-state index is 0.0378. The highest BCUT2D eigenvalue weighted by molar-refractivity contribution is 9.10. The Hall–Kier alpha value is -2.00. The average molecular weight is 524 g/mol. The predicted octanol–water partition coefficient (Wildman–Crippen LogP) is 5.26. The van der Waals surface area contributed by atoms with Crippen LogP contribution in [0.15, 0.2) is 41.1 Å². The largest absolute Gasteiger partial charge is 0.508 e. The molecule has 2 aromatic heterocycles. The normalized spacial score (nSPS) is 13.9. The third-order valence-electron chi connectivity index (χ3n) is 5.74. The number of nitrogens with two attached hydrogens (primary N) is 2. The van der Waals surface area contributed by atoms with Crippen molar-refractivity contribution >= 4 is 44.4 Å². The van der Waals surface area contributed by atoms with E-state index >= 15 is 0 Å². The van der Waals surface area contributed by atoms with Crippen molar-refractivity contribution in [3.63, 3.8) is 0 Å². The minimum atomic E-state index is -0.543. The number of unbranched alkanes of at least 4 members (excludes halogenated alkanes) is 1. The first-order chi connectivity index (χ1) is 15.0. The summed E-state index contributed by atoms with van der Waals surface area (Å²) < 4.78 is 2.74. The topological polar surface area (TPSA) is 105 Å². The summed E-state index contributed by atoms with van der Waals surface area (Å²) in [5, 5.41) is 18.4. The van der Waals surface area contributed by atoms with Crippen molar-refractivity contribution in [3.8, 4) is 5.75 Å². The molecule has 32 heavy (non-hydrogen) atoms. The second-order valence-corrected chi connectivity index (χ2v) is 10.1. The zero-order valence-corrected chi connectivity index (χ0v) is 21.3. The van der Waals surface area contributed by atoms with Gasteiger partial charge in [0.25, 0.3) is 0 Å². The van der Waals surface area contributed by atoms with E-state index in [1.807, 2.05) is 42.6 Å². The number of hydrogen-bond acceptors (Lipinski definition) is 6. The number of benzene rings is 1. The van der Waals surface area contributed by atoms with Crippen molar-refractivity contribution in [2.75, 3.05) is 17.3 Å². The Morgan fingerprint density at radius 3 is 2.69 bits per heavy atom. The second-order valence-electron chi connectivity index (χ2n) is 8.82. The molecule has 0 aliphatic carbocycles. The number of anilines is 2. The highest BCUT2D eigenvalue weighted by Crippen LogP contribution is 2.36. The lowest BCUT2D eigenvalue weighted by molar-refractivity contribution is 0.403. The number of rotatable bonds is 9. The number of halogens is 2. The Kier molecular flexibility index (Phi) is 7.60. The van der Waals surface area contributed by atoms with E-state index < -0.39 is 11.7 Å². The van der Waals surface area contributed by atoms with Crippen LogP contribution >= 0.6 is 27.5 Å². The van der Waals surface area contributed by atoms with Gasteiger partial charge in [-0.3, -0.25) is 0 Å². The van der Waals surface area contributed by atoms with Crippen LogP contribution in [0, 0.1) is 0 Å². The van der Waals surface area contributed by atoms with E-state index in [9.17, 15) is 5.11 Å². The molecule has 1 unspecified atom stereocenters. The molecule has 0 fully saturated rings. The number of aromatic nitrogens is 2. The summed E-state index contributed by atoms with van der Waals surface area (Å²) in [6.07, 6.45) is 6.23. The minimum Gasteiger partial charge on any atom is -0.508 e. The molecular formula is C23H32BrClN6O. The van der Waals surface area contributed by atoms with Gasteiger partial charge in [0, 0.05) is 40.9 Å². The van der Waals surface area contributed by atoms with Gasteiger partial charge in [-0.15, -0.1) is 0 Å². The first-order valence-corrected chi connectivity index (χ1v) is 11.9. The smallest absolute Gasteiger partial charge is 0.117 e. The van der Waals surface area contributed by atoms with Crippen molar-refractivity contribution in [2.24, 2.45) is 11.5 Å². The lowest BCUT2D eigenvalue weighted by Crippen LogP contribution is -2.49. The van der Waals surface area contributed by atoms with Crippen LogP contribution in [0.4, 0.5) is 11.4 Å². The molecule has 0 saturated carbocycles. The SMILES string of the molecule is CCCC[C@@H](Nc1c(C(N)N(C)c2ccc(O)cc2Cl)cnn2cc(Br)cc12)C(C)(C)N. The van der Waals surface area contributed by atoms with Gasteiger partial charge in [0.1, 0.15) is 11.9 Å². The van der Waals surface area contributed by atoms with Crippen molar-refractivity contribution < 1.29 is 5.11 Å². The molecular weight excluding hydrogens is 492 g/mol. The summed E-state index contributed by atoms with van der Waals surface area (Å²) in [5.74, 6) is 0.105. The van der Waals surface area contributed by atoms with Gasteiger partial charge in [0.2, 0.25) is 0 Å². The molecule has 0 aliphatic rings. The van der Waals surface area contributed by atoms with Gasteiger partial charge in [-0.05, 0) is 54.4 Å². The molecule has 9 heteroatoms. The van der Waals surface area contributed by atoms with Crippen LogP contribution in [0.1, 0.15) is 51.8 Å². The maximum Gasteiger partial charge on any atom is 0.117 e. The van der Waals surface area contributed by atoms with Crippen molar-refractivity contribution in [3.05, 3.63) is 51.7 Å². The molecule has 7 nitrogen and oxygen atoms in total. The Balaban J connectivity index is 2.08. The van der Waals surface area contributed by atoms with E-state index in [-0.39, 0.29) is 11.8 Å². The number of phenols is 1. The fraction of sp³-hybridized carbons (Fsp3) is 0.435. The Morgan fingerprint density at radius 1 is 1.34 bits per heavy atom. The lowest BCUT2D eigenvalue weighted by Gasteiger charge is -2.35. The van der Waals surface area contributed by atoms with E-state index in [2.05, 4.69) is 33.3 Å². The molecule has 6 N–H and O–H groups in total. The number of nitrogens with zero attached hydrogens (tertiary/aromatic N) is 3. The molecule has 3 rings (SSSR count). The van der Waals surface area contributed by atoms with Crippen LogP contribution in [-0.2, 0) is 0 Å². The molecule has 0 spiro atoms. The first kappa shape index (κ1) is 24.6. The monoisotopic (exact) mass is 522 g/mol. The van der Waals surface area contributed by atoms with E-state index in [0.717, 1.165) is 40.5 Å². The highest BCUT2D eigenvalue weighted by atomic mass is 79.9. The third-order valence-corrected chi connectivity index (χ3v) is 6.48. The van der Waals surface area contributed by atoms with Gasteiger partial charge < -0.3 is 26.8 Å². The number of nitrogens with one attached hydrogen (secondary N) is 1. The fourth-order valence-corrected chi connectivity index (χ4v) is 4.49. The van der Waals surface area contributed by atoms with Crippen LogP contribution in [0.2, 0.25) is 5.02 Å². The molecule has 3 aromatic rings. The molecule has 1 aromatic carbocycles. The molecule has 0 aliphatic heterocycles. The fourth-order valence-electron chi connectivity index (χ4n) is 3.77. The average Bonchev–Trinajstić information content (AvgIpc) is 3.09. The van der Waals surface area contributed by atoms with E-state index in [4.69, 9.17) is 23.1 Å². The first-order valence-electron chi connectivity index (χ1n) is 10.7. The summed E-state index contributed by atoms with van der Waals surface area (Å²) in [5.41, 5.74) is 16.2. The van der Waals surface area contributed by atoms with Gasteiger partial charge in [-0.25, -0.2) is 4.52 Å². The molecule has 2 heterocycles. The maximum absolute atomic E-state index is 9.71. The van der Waals surface area contributed by atoms with Gasteiger partial charge in [0.05, 0.1) is 28.1 Å². The molecule has 174 valence electrons. The summed E-state index contributed by atoms with van der Waals surface area (Å²) in [7, 11) is 1.87. The Bertz CT molecular complexity index is 1080. The summed E-state index contributed by atoms with van der Waals surface area (Å²) in [4.78, 5) is 1.87. The van der Waals surface area contributed by atoms with Gasteiger partial charge in [-0.1, -0.05) is 31.4 Å². The van der Waals surface area contributed by atoms with E-state index in [1.54, 1.807) is 18.3 Å². The third kappa shape index (κ3) is 5.31. The number of aromatic hydroxyl groups is 1. The van der Waals surface area contributed by atoms with Crippen molar-refractivity contribution in [1.82, 2.24) is 9.61 Å². The Labute approximate surface area is 202 Å². The van der Waals surface area contributed by atoms with Crippen molar-refractivity contribution in [1.29, 1.82) is 0 Å². The van der Waals surface area contributed by atoms with Crippen LogP contribution in [0.3, 0.4) is 0 Å². The maximum atomic E-state index is 9.71. The zero-order chi connectivity index (χ0) is 23.6. The lowest BCUT2D eigenvalue weighted by atomic mass is 9.91. The van der Waals surface area contributed by atoms with Gasteiger partial charge in [-0.2, -0.15) is 5.10 Å². The van der Waals surface area contributed by atoms with Crippen LogP contribution in [0.25, 0.3) is 5.52 Å². The molecule has 0 bridgehead atoms. The molecule has 0 saturated heterocycles. The molecule has 0 amide bonds. The number of hydrogen-bond donors (Lipinski definition) is 4. The molecule has 2 atom stereocenters. The highest BCUT2D eigenvalue weighted by Gasteiger charge is 2.28. The van der Waals surface area contributed by atoms with Gasteiger partial charge in [0.15, 0.2) is 0 Å². The van der Waals surface area contributed by atoms with Gasteiger partial charge >= 0.3 is 0 Å². The van der Waals surface area contributed by atoms with Crippen LogP contribution in [-0.4, -0.2) is 33.3 Å². The van der Waals surface area contributed by atoms with E-state index in [0.29, 0.717) is 10.7 Å². The Morgan fingerprint density at radius 2 is 2.06 bits per heavy atom. The second kappa shape index (κ2) is 9.87. The van der Waals surface area contributed by atoms with Crippen LogP contribution < -0.4 is 21.7 Å². The van der Waals surface area contributed by atoms with E-state index in [1.165, 1.54) is 6.07 Å². The standard InChI is InChI=1S/C23H32BrClN6O/c1-5-6-7-20(23(2,3)27)29-21-16(12-28-31-13-14(24)10-19(21)31)22(26)30(4)18-9-8-15(32)11-17(18)25/h8-13,20,22,29,32H,5-7,26-27H2,1-4H3/t20-,22?/m1/s1. The number of phenolic OH excluding ortho intramolecular Hbond substituents is 1. The number of fused-ring (bicyclic) bond motifs is 1.